The van der Waals surface area contributed by atoms with Gasteiger partial charge in [0.1, 0.15) is 31.0 Å². The van der Waals surface area contributed by atoms with Crippen molar-refractivity contribution in [2.24, 2.45) is 0 Å². The van der Waals surface area contributed by atoms with E-state index < -0.39 is 55.4 Å². The van der Waals surface area contributed by atoms with Crippen LogP contribution in [0.25, 0.3) is 0 Å². The molecule has 0 bridgehead atoms. The van der Waals surface area contributed by atoms with Crippen LogP contribution >= 0.6 is 0 Å². The van der Waals surface area contributed by atoms with Gasteiger partial charge in [-0.05, 0) is 77.0 Å². The zero-order chi connectivity index (χ0) is 45.1. The molecule has 354 valence electrons. The third-order valence-corrected chi connectivity index (χ3v) is 10.5. The van der Waals surface area contributed by atoms with E-state index in [0.29, 0.717) is 12.8 Å². The van der Waals surface area contributed by atoms with Crippen LogP contribution in [0.5, 0.6) is 0 Å². The maximum absolute atomic E-state index is 12.8. The molecule has 1 fully saturated rings. The smallest absolute Gasteiger partial charge is 0.306 e. The molecule has 0 aromatic heterocycles. The van der Waals surface area contributed by atoms with Crippen molar-refractivity contribution >= 4 is 11.9 Å². The van der Waals surface area contributed by atoms with Gasteiger partial charge in [-0.25, -0.2) is 0 Å². The van der Waals surface area contributed by atoms with Crippen LogP contribution in [0.1, 0.15) is 174 Å². The van der Waals surface area contributed by atoms with E-state index in [-0.39, 0.29) is 26.1 Å². The quantitative estimate of drug-likeness (QED) is 0.0267. The van der Waals surface area contributed by atoms with Gasteiger partial charge < -0.3 is 39.4 Å². The highest BCUT2D eigenvalue weighted by Crippen LogP contribution is 2.22. The fraction of sp³-hybridized carbons (Fsp3) is 0.692. The van der Waals surface area contributed by atoms with Crippen LogP contribution in [-0.4, -0.2) is 89.0 Å². The normalized spacial score (nSPS) is 20.4. The van der Waals surface area contributed by atoms with Crippen molar-refractivity contribution in [3.63, 3.8) is 0 Å². The van der Waals surface area contributed by atoms with Crippen LogP contribution < -0.4 is 0 Å². The van der Waals surface area contributed by atoms with Crippen molar-refractivity contribution in [3.05, 3.63) is 85.1 Å². The molecule has 0 aromatic rings. The molecule has 0 aromatic carbocycles. The van der Waals surface area contributed by atoms with Crippen LogP contribution in [0, 0.1) is 0 Å². The van der Waals surface area contributed by atoms with E-state index in [1.54, 1.807) is 0 Å². The first-order valence-electron chi connectivity index (χ1n) is 24.2. The summed E-state index contributed by atoms with van der Waals surface area (Å²) in [6.07, 6.45) is 47.4. The van der Waals surface area contributed by atoms with Crippen molar-refractivity contribution in [3.8, 4) is 0 Å². The molecule has 0 radical (unpaired) electrons. The molecule has 6 unspecified atom stereocenters. The van der Waals surface area contributed by atoms with Gasteiger partial charge in [0.2, 0.25) is 0 Å². The number of allylic oxidation sites excluding steroid dienone is 14. The molecule has 6 atom stereocenters. The summed E-state index contributed by atoms with van der Waals surface area (Å²) in [5.41, 5.74) is 0. The van der Waals surface area contributed by atoms with Crippen molar-refractivity contribution in [2.75, 3.05) is 19.8 Å². The van der Waals surface area contributed by atoms with Gasteiger partial charge in [-0.2, -0.15) is 0 Å². The zero-order valence-corrected chi connectivity index (χ0v) is 38.6. The fourth-order valence-electron chi connectivity index (χ4n) is 6.74. The molecule has 1 rings (SSSR count). The molecular weight excluding hydrogens is 785 g/mol. The highest BCUT2D eigenvalue weighted by atomic mass is 16.7. The lowest BCUT2D eigenvalue weighted by Crippen LogP contribution is -2.59. The summed E-state index contributed by atoms with van der Waals surface area (Å²) in [6, 6.07) is 0. The van der Waals surface area contributed by atoms with Crippen molar-refractivity contribution in [2.45, 2.75) is 211 Å². The lowest BCUT2D eigenvalue weighted by atomic mass is 9.99. The monoisotopic (exact) mass is 871 g/mol. The molecular formula is C52H86O10. The van der Waals surface area contributed by atoms with Gasteiger partial charge in [0.05, 0.1) is 13.2 Å². The number of hydrogen-bond acceptors (Lipinski definition) is 10. The molecule has 1 heterocycles. The van der Waals surface area contributed by atoms with Crippen LogP contribution in [0.15, 0.2) is 85.1 Å². The fourth-order valence-corrected chi connectivity index (χ4v) is 6.74. The third kappa shape index (κ3) is 32.5. The van der Waals surface area contributed by atoms with Crippen LogP contribution in [0.3, 0.4) is 0 Å². The number of aliphatic hydroxyl groups is 4. The standard InChI is InChI=1S/C52H86O10/c1-3-5-7-9-11-13-15-17-19-21-23-25-27-29-31-33-35-37-39-41-48(55)61-45(44-60-52-51(58)50(57)49(56)46(42-53)62-52)43-59-47(54)40-38-36-34-32-30-28-26-24-22-20-18-16-14-12-10-8-6-4-2/h5,7,11,13,17,19-20,22-23,25,29,31,35,37,45-46,49-53,56-58H,3-4,6,8-10,12,14-16,18,21,24,26-28,30,32-34,36,38-44H2,1-2H3/b7-5-,13-11-,19-17-,22-20-,25-23-,31-29-,37-35-. The first-order chi connectivity index (χ1) is 30.3. The average Bonchev–Trinajstić information content (AvgIpc) is 3.27. The molecule has 4 N–H and O–H groups in total. The first-order valence-corrected chi connectivity index (χ1v) is 24.2. The van der Waals surface area contributed by atoms with Gasteiger partial charge in [-0.3, -0.25) is 9.59 Å². The summed E-state index contributed by atoms with van der Waals surface area (Å²) in [4.78, 5) is 25.4. The summed E-state index contributed by atoms with van der Waals surface area (Å²) < 4.78 is 22.1. The summed E-state index contributed by atoms with van der Waals surface area (Å²) >= 11 is 0. The number of aliphatic hydroxyl groups excluding tert-OH is 4. The number of carbonyl (C=O) groups excluding carboxylic acids is 2. The van der Waals surface area contributed by atoms with Crippen LogP contribution in [-0.2, 0) is 28.5 Å². The Kier molecular flexibility index (Phi) is 38.4. The Balaban J connectivity index is 2.36. The molecule has 0 aliphatic carbocycles. The molecule has 1 aliphatic rings. The highest BCUT2D eigenvalue weighted by molar-refractivity contribution is 5.70. The van der Waals surface area contributed by atoms with Gasteiger partial charge in [0.15, 0.2) is 12.4 Å². The second-order valence-corrected chi connectivity index (χ2v) is 16.2. The molecule has 62 heavy (non-hydrogen) atoms. The largest absolute Gasteiger partial charge is 0.462 e. The third-order valence-electron chi connectivity index (χ3n) is 10.5. The maximum atomic E-state index is 12.8. The van der Waals surface area contributed by atoms with Crippen LogP contribution in [0.2, 0.25) is 0 Å². The van der Waals surface area contributed by atoms with E-state index in [4.69, 9.17) is 18.9 Å². The van der Waals surface area contributed by atoms with E-state index >= 15 is 0 Å². The van der Waals surface area contributed by atoms with Gasteiger partial charge in [0, 0.05) is 12.8 Å². The number of carbonyl (C=O) groups is 2. The number of rotatable bonds is 39. The first kappa shape index (κ1) is 56.9. The number of unbranched alkanes of at least 4 members (excludes halogenated alkanes) is 14. The lowest BCUT2D eigenvalue weighted by molar-refractivity contribution is -0.305. The van der Waals surface area contributed by atoms with Gasteiger partial charge in [-0.1, -0.05) is 170 Å². The minimum Gasteiger partial charge on any atom is -0.462 e. The van der Waals surface area contributed by atoms with E-state index in [1.807, 2.05) is 12.2 Å². The molecule has 1 aliphatic heterocycles. The van der Waals surface area contributed by atoms with Gasteiger partial charge in [-0.15, -0.1) is 0 Å². The lowest BCUT2D eigenvalue weighted by Gasteiger charge is -2.39. The molecule has 0 spiro atoms. The topological polar surface area (TPSA) is 152 Å². The SMILES string of the molecule is CC/C=C\C/C=C\C/C=C\C/C=C\C/C=C\C/C=C\CCC(=O)OC(COC(=O)CCCCCCCCC/C=C\CCCCCCCCC)COC1OC(CO)C(O)C(O)C1O. The zero-order valence-electron chi connectivity index (χ0n) is 38.6. The van der Waals surface area contributed by atoms with Crippen molar-refractivity contribution < 1.29 is 49.0 Å². The molecule has 1 saturated heterocycles. The second-order valence-electron chi connectivity index (χ2n) is 16.2. The van der Waals surface area contributed by atoms with Gasteiger partial charge >= 0.3 is 11.9 Å². The summed E-state index contributed by atoms with van der Waals surface area (Å²) in [5, 5.41) is 40.1. The Morgan fingerprint density at radius 3 is 1.50 bits per heavy atom. The van der Waals surface area contributed by atoms with E-state index in [1.165, 1.54) is 70.6 Å². The van der Waals surface area contributed by atoms with Crippen LogP contribution in [0.4, 0.5) is 0 Å². The van der Waals surface area contributed by atoms with E-state index in [2.05, 4.69) is 86.8 Å². The maximum Gasteiger partial charge on any atom is 0.306 e. The predicted molar refractivity (Wildman–Crippen MR) is 251 cm³/mol. The number of ether oxygens (including phenoxy) is 4. The Morgan fingerprint density at radius 1 is 0.516 bits per heavy atom. The van der Waals surface area contributed by atoms with Gasteiger partial charge in [0.25, 0.3) is 0 Å². The van der Waals surface area contributed by atoms with E-state index in [9.17, 15) is 30.0 Å². The Hall–Kier alpha value is -3.12. The Labute approximate surface area is 375 Å². The number of esters is 2. The predicted octanol–water partition coefficient (Wildman–Crippen LogP) is 10.9. The minimum absolute atomic E-state index is 0.0999. The summed E-state index contributed by atoms with van der Waals surface area (Å²) in [6.45, 7) is 3.23. The molecule has 10 nitrogen and oxygen atoms in total. The van der Waals surface area contributed by atoms with Crippen molar-refractivity contribution in [1.29, 1.82) is 0 Å². The summed E-state index contributed by atoms with van der Waals surface area (Å²) in [7, 11) is 0. The molecule has 10 heteroatoms. The summed E-state index contributed by atoms with van der Waals surface area (Å²) in [5.74, 6) is -0.914. The highest BCUT2D eigenvalue weighted by Gasteiger charge is 2.44. The second kappa shape index (κ2) is 41.9. The van der Waals surface area contributed by atoms with E-state index in [0.717, 1.165) is 64.2 Å². The Morgan fingerprint density at radius 2 is 0.984 bits per heavy atom. The molecule has 0 saturated carbocycles. The minimum atomic E-state index is -1.61. The number of hydrogen-bond donors (Lipinski definition) is 4. The average molecular weight is 871 g/mol. The molecule has 0 amide bonds. The van der Waals surface area contributed by atoms with Crippen molar-refractivity contribution in [1.82, 2.24) is 0 Å². The Bertz CT molecular complexity index is 1280.